The van der Waals surface area contributed by atoms with E-state index < -0.39 is 0 Å². The van der Waals surface area contributed by atoms with Crippen LogP contribution in [-0.4, -0.2) is 47.2 Å². The summed E-state index contributed by atoms with van der Waals surface area (Å²) in [4.78, 5) is 26.2. The van der Waals surface area contributed by atoms with Crippen molar-refractivity contribution in [2.24, 2.45) is 5.92 Å². The third kappa shape index (κ3) is 5.12. The molecule has 0 bridgehead atoms. The van der Waals surface area contributed by atoms with E-state index in [1.54, 1.807) is 4.90 Å². The zero-order valence-corrected chi connectivity index (χ0v) is 15.9. The summed E-state index contributed by atoms with van der Waals surface area (Å²) in [6, 6.07) is 11.5. The van der Waals surface area contributed by atoms with Gasteiger partial charge < -0.3 is 19.5 Å². The topological polar surface area (TPSA) is 63.6 Å². The molecule has 2 aromatic rings. The van der Waals surface area contributed by atoms with Crippen LogP contribution in [0.2, 0.25) is 0 Å². The van der Waals surface area contributed by atoms with E-state index in [1.807, 2.05) is 67.2 Å². The Labute approximate surface area is 160 Å². The molecule has 0 radical (unpaired) electrons. The number of hydrogen-bond donors (Lipinski definition) is 1. The molecule has 3 rings (SSSR count). The molecular weight excluding hydrogens is 342 g/mol. The van der Waals surface area contributed by atoms with E-state index in [-0.39, 0.29) is 18.0 Å². The van der Waals surface area contributed by atoms with E-state index in [2.05, 4.69) is 5.32 Å². The lowest BCUT2D eigenvalue weighted by Crippen LogP contribution is -2.46. The molecule has 0 aliphatic carbocycles. The van der Waals surface area contributed by atoms with Gasteiger partial charge in [0, 0.05) is 42.8 Å². The first-order valence-electron chi connectivity index (χ1n) is 9.49. The molecule has 0 atom stereocenters. The molecular formula is C21H27N3O3. The van der Waals surface area contributed by atoms with Crippen molar-refractivity contribution in [1.29, 1.82) is 0 Å². The zero-order chi connectivity index (χ0) is 19.2. The van der Waals surface area contributed by atoms with Gasteiger partial charge in [0.15, 0.2) is 0 Å². The summed E-state index contributed by atoms with van der Waals surface area (Å²) >= 11 is 0. The third-order valence-electron chi connectivity index (χ3n) is 4.66. The summed E-state index contributed by atoms with van der Waals surface area (Å²) in [6.45, 7) is 5.68. The quantitative estimate of drug-likeness (QED) is 0.878. The van der Waals surface area contributed by atoms with Crippen molar-refractivity contribution in [3.05, 3.63) is 54.4 Å². The molecule has 1 aliphatic rings. The number of rotatable bonds is 5. The molecule has 6 heteroatoms. The Hall–Kier alpha value is -2.76. The molecule has 2 amide bonds. The number of carbonyl (C=O) groups is 2. The number of carbonyl (C=O) groups excluding carboxylic acids is 2. The maximum absolute atomic E-state index is 12.5. The van der Waals surface area contributed by atoms with Crippen molar-refractivity contribution < 1.29 is 14.3 Å². The largest absolute Gasteiger partial charge is 0.449 e. The van der Waals surface area contributed by atoms with Crippen LogP contribution in [0.5, 0.6) is 0 Å². The average Bonchev–Trinajstić information content (AvgIpc) is 3.21. The van der Waals surface area contributed by atoms with E-state index in [0.717, 1.165) is 18.5 Å². The van der Waals surface area contributed by atoms with E-state index in [0.29, 0.717) is 31.2 Å². The van der Waals surface area contributed by atoms with Gasteiger partial charge in [-0.05, 0) is 55.2 Å². The second-order valence-electron chi connectivity index (χ2n) is 7.34. The van der Waals surface area contributed by atoms with Crippen LogP contribution >= 0.6 is 0 Å². The van der Waals surface area contributed by atoms with Gasteiger partial charge in [-0.25, -0.2) is 4.79 Å². The highest BCUT2D eigenvalue weighted by Gasteiger charge is 2.25. The average molecular weight is 369 g/mol. The number of nitrogens with zero attached hydrogens (tertiary/aromatic N) is 2. The first-order valence-corrected chi connectivity index (χ1v) is 9.49. The highest BCUT2D eigenvalue weighted by molar-refractivity contribution is 5.94. The van der Waals surface area contributed by atoms with Crippen molar-refractivity contribution >= 4 is 12.0 Å². The van der Waals surface area contributed by atoms with Crippen LogP contribution in [0.15, 0.2) is 48.8 Å². The maximum Gasteiger partial charge on any atom is 0.409 e. The summed E-state index contributed by atoms with van der Waals surface area (Å²) < 4.78 is 7.26. The Morgan fingerprint density at radius 3 is 2.33 bits per heavy atom. The minimum absolute atomic E-state index is 0.0742. The number of aromatic nitrogens is 1. The molecule has 0 spiro atoms. The lowest BCUT2D eigenvalue weighted by molar-refractivity contribution is 0.0785. The molecule has 0 unspecified atom stereocenters. The van der Waals surface area contributed by atoms with E-state index >= 15 is 0 Å². The molecule has 1 aromatic carbocycles. The highest BCUT2D eigenvalue weighted by Crippen LogP contribution is 2.14. The lowest BCUT2D eigenvalue weighted by atomic mass is 10.0. The minimum atomic E-state index is -0.255. The zero-order valence-electron chi connectivity index (χ0n) is 15.9. The van der Waals surface area contributed by atoms with Gasteiger partial charge in [0.25, 0.3) is 5.91 Å². The molecule has 1 aromatic heterocycles. The van der Waals surface area contributed by atoms with Gasteiger partial charge >= 0.3 is 6.09 Å². The number of hydrogen-bond acceptors (Lipinski definition) is 3. The van der Waals surface area contributed by atoms with Crippen LogP contribution in [-0.2, 0) is 4.74 Å². The maximum atomic E-state index is 12.5. The minimum Gasteiger partial charge on any atom is -0.449 e. The molecule has 1 fully saturated rings. The van der Waals surface area contributed by atoms with Gasteiger partial charge in [-0.1, -0.05) is 13.8 Å². The normalized spacial score (nSPS) is 15.0. The molecule has 1 saturated heterocycles. The Morgan fingerprint density at radius 1 is 1.11 bits per heavy atom. The first kappa shape index (κ1) is 19.0. The van der Waals surface area contributed by atoms with Gasteiger partial charge in [-0.2, -0.15) is 0 Å². The number of piperidine rings is 1. The number of amides is 2. The number of benzene rings is 1. The SMILES string of the molecule is CC(C)COC(=O)N1CCC(NC(=O)c2ccc(-n3cccc3)cc2)CC1. The molecule has 6 nitrogen and oxygen atoms in total. The smallest absolute Gasteiger partial charge is 0.409 e. The Balaban J connectivity index is 1.47. The summed E-state index contributed by atoms with van der Waals surface area (Å²) in [6.07, 6.45) is 5.16. The van der Waals surface area contributed by atoms with Gasteiger partial charge in [-0.3, -0.25) is 4.79 Å². The highest BCUT2D eigenvalue weighted by atomic mass is 16.6. The second-order valence-corrected chi connectivity index (χ2v) is 7.34. The third-order valence-corrected chi connectivity index (χ3v) is 4.66. The first-order chi connectivity index (χ1) is 13.0. The second kappa shape index (κ2) is 8.75. The Kier molecular flexibility index (Phi) is 6.16. The summed E-state index contributed by atoms with van der Waals surface area (Å²) in [5, 5.41) is 3.07. The van der Waals surface area contributed by atoms with Crippen molar-refractivity contribution in [3.8, 4) is 5.69 Å². The fourth-order valence-corrected chi connectivity index (χ4v) is 3.10. The van der Waals surface area contributed by atoms with Gasteiger partial charge in [0.05, 0.1) is 6.61 Å². The fraction of sp³-hybridized carbons (Fsp3) is 0.429. The molecule has 144 valence electrons. The monoisotopic (exact) mass is 369 g/mol. The van der Waals surface area contributed by atoms with Crippen LogP contribution < -0.4 is 5.32 Å². The number of ether oxygens (including phenoxy) is 1. The summed E-state index contributed by atoms with van der Waals surface area (Å²) in [5.74, 6) is 0.254. The van der Waals surface area contributed by atoms with Crippen LogP contribution in [0.3, 0.4) is 0 Å². The van der Waals surface area contributed by atoms with Gasteiger partial charge in [0.1, 0.15) is 0 Å². The van der Waals surface area contributed by atoms with Crippen LogP contribution in [0.25, 0.3) is 5.69 Å². The lowest BCUT2D eigenvalue weighted by Gasteiger charge is -2.31. The summed E-state index contributed by atoms with van der Waals surface area (Å²) in [5.41, 5.74) is 1.66. The van der Waals surface area contributed by atoms with E-state index in [9.17, 15) is 9.59 Å². The Bertz CT molecular complexity index is 745. The van der Waals surface area contributed by atoms with Gasteiger partial charge in [0.2, 0.25) is 0 Å². The molecule has 2 heterocycles. The Morgan fingerprint density at radius 2 is 1.74 bits per heavy atom. The van der Waals surface area contributed by atoms with Gasteiger partial charge in [-0.15, -0.1) is 0 Å². The van der Waals surface area contributed by atoms with Crippen molar-refractivity contribution in [2.45, 2.75) is 32.7 Å². The predicted octanol–water partition coefficient (Wildman–Crippen LogP) is 3.46. The molecule has 1 aliphatic heterocycles. The van der Waals surface area contributed by atoms with Crippen LogP contribution in [0.1, 0.15) is 37.0 Å². The van der Waals surface area contributed by atoms with Crippen molar-refractivity contribution in [1.82, 2.24) is 14.8 Å². The molecule has 1 N–H and O–H groups in total. The molecule has 0 saturated carbocycles. The van der Waals surface area contributed by atoms with E-state index in [1.165, 1.54) is 0 Å². The predicted molar refractivity (Wildman–Crippen MR) is 104 cm³/mol. The van der Waals surface area contributed by atoms with Crippen molar-refractivity contribution in [2.75, 3.05) is 19.7 Å². The fourth-order valence-electron chi connectivity index (χ4n) is 3.10. The van der Waals surface area contributed by atoms with Crippen LogP contribution in [0, 0.1) is 5.92 Å². The number of nitrogens with one attached hydrogen (secondary N) is 1. The van der Waals surface area contributed by atoms with E-state index in [4.69, 9.17) is 4.74 Å². The number of likely N-dealkylation sites (tertiary alicyclic amines) is 1. The molecule has 27 heavy (non-hydrogen) atoms. The van der Waals surface area contributed by atoms with Crippen molar-refractivity contribution in [3.63, 3.8) is 0 Å². The summed E-state index contributed by atoms with van der Waals surface area (Å²) in [7, 11) is 0. The van der Waals surface area contributed by atoms with Crippen LogP contribution in [0.4, 0.5) is 4.79 Å². The standard InChI is InChI=1S/C21H27N3O3/c1-16(2)15-27-21(26)24-13-9-18(10-14-24)22-20(25)17-5-7-19(8-6-17)23-11-3-4-12-23/h3-8,11-12,16,18H,9-10,13-15H2,1-2H3,(H,22,25).